The first-order valence-electron chi connectivity index (χ1n) is 4.00. The van der Waals surface area contributed by atoms with Crippen LogP contribution in [-0.4, -0.2) is 6.61 Å². The molecule has 0 aliphatic heterocycles. The van der Waals surface area contributed by atoms with Gasteiger partial charge in [0.05, 0.1) is 12.4 Å². The first-order valence-corrected chi connectivity index (χ1v) is 10.9. The average Bonchev–Trinajstić information content (AvgIpc) is 2.23. The molecule has 0 bridgehead atoms. The summed E-state index contributed by atoms with van der Waals surface area (Å²) in [5, 5.41) is 0. The third-order valence-corrected chi connectivity index (χ3v) is 1.29. The van der Waals surface area contributed by atoms with E-state index in [1.54, 1.807) is 0 Å². The molecule has 1 aromatic rings. The standard InChI is InChI=1S/C9H9F2O.BrH.Zn/c1-2-5-12-7-3-4-8(10)9(11)6-7;;/h4,6H,2,5H2,1H3;1H;/q-1;;+2/p-1. The van der Waals surface area contributed by atoms with Crippen molar-refractivity contribution in [3.63, 3.8) is 0 Å². The number of ether oxygens (including phenoxy) is 1. The molecule has 0 fully saturated rings. The molecule has 0 heterocycles. The summed E-state index contributed by atoms with van der Waals surface area (Å²) < 4.78 is 29.9. The van der Waals surface area contributed by atoms with Gasteiger partial charge >= 0.3 is 30.0 Å². The SMILES string of the molecule is CCCOc1[c-]cc(F)c(F)c1.[Zn+][Br]. The van der Waals surface area contributed by atoms with E-state index in [0.717, 1.165) is 18.6 Å². The van der Waals surface area contributed by atoms with Crippen molar-refractivity contribution in [2.24, 2.45) is 0 Å². The van der Waals surface area contributed by atoms with Crippen LogP contribution in [0.25, 0.3) is 0 Å². The van der Waals surface area contributed by atoms with Gasteiger partial charge in [0.2, 0.25) is 0 Å². The van der Waals surface area contributed by atoms with Crippen LogP contribution in [0.1, 0.15) is 13.3 Å². The van der Waals surface area contributed by atoms with E-state index in [1.165, 1.54) is 16.3 Å². The Morgan fingerprint density at radius 2 is 2.07 bits per heavy atom. The van der Waals surface area contributed by atoms with Gasteiger partial charge in [0.15, 0.2) is 0 Å². The van der Waals surface area contributed by atoms with Gasteiger partial charge in [0.25, 0.3) is 0 Å². The Labute approximate surface area is 98.9 Å². The molecular formula is C9H9BrF2OZn. The summed E-state index contributed by atoms with van der Waals surface area (Å²) in [6.07, 6.45) is 0.826. The molecule has 0 spiro atoms. The van der Waals surface area contributed by atoms with Crippen molar-refractivity contribution in [3.8, 4) is 5.75 Å². The predicted octanol–water partition coefficient (Wildman–Crippen LogP) is 3.40. The van der Waals surface area contributed by atoms with E-state index in [-0.39, 0.29) is 5.75 Å². The van der Waals surface area contributed by atoms with E-state index in [1.807, 2.05) is 6.92 Å². The van der Waals surface area contributed by atoms with Crippen LogP contribution < -0.4 is 4.74 Å². The fraction of sp³-hybridized carbons (Fsp3) is 0.333. The van der Waals surface area contributed by atoms with Gasteiger partial charge in [-0.25, -0.2) is 4.39 Å². The normalized spacial score (nSPS) is 9.00. The van der Waals surface area contributed by atoms with Crippen molar-refractivity contribution >= 4 is 13.6 Å². The van der Waals surface area contributed by atoms with Gasteiger partial charge in [-0.2, -0.15) is 0 Å². The van der Waals surface area contributed by atoms with Crippen molar-refractivity contribution in [3.05, 3.63) is 29.8 Å². The van der Waals surface area contributed by atoms with Gasteiger partial charge in [-0.3, -0.25) is 4.39 Å². The van der Waals surface area contributed by atoms with E-state index in [0.29, 0.717) is 6.61 Å². The van der Waals surface area contributed by atoms with E-state index in [9.17, 15) is 8.78 Å². The van der Waals surface area contributed by atoms with Crippen LogP contribution in [0.15, 0.2) is 12.1 Å². The molecule has 0 N–H and O–H groups in total. The molecule has 0 aromatic heterocycles. The second-order valence-corrected chi connectivity index (χ2v) is 2.34. The molecule has 1 nitrogen and oxygen atoms in total. The van der Waals surface area contributed by atoms with Gasteiger partial charge in [-0.1, -0.05) is 13.0 Å². The van der Waals surface area contributed by atoms with Gasteiger partial charge in [-0.15, -0.1) is 12.1 Å². The van der Waals surface area contributed by atoms with Crippen molar-refractivity contribution in [2.75, 3.05) is 6.61 Å². The van der Waals surface area contributed by atoms with Crippen LogP contribution in [0.4, 0.5) is 8.78 Å². The number of hydrogen-bond acceptors (Lipinski definition) is 1. The van der Waals surface area contributed by atoms with Crippen molar-refractivity contribution in [2.45, 2.75) is 13.3 Å². The van der Waals surface area contributed by atoms with Crippen LogP contribution in [0.5, 0.6) is 5.75 Å². The monoisotopic (exact) mass is 314 g/mol. The van der Waals surface area contributed by atoms with Crippen LogP contribution in [0, 0.1) is 17.7 Å². The molecule has 0 saturated heterocycles. The number of benzene rings is 1. The Morgan fingerprint density at radius 1 is 1.43 bits per heavy atom. The average molecular weight is 316 g/mol. The summed E-state index contributed by atoms with van der Waals surface area (Å²) in [6, 6.07) is 4.40. The molecule has 0 aliphatic rings. The van der Waals surface area contributed by atoms with Gasteiger partial charge in [0, 0.05) is 11.6 Å². The quantitative estimate of drug-likeness (QED) is 0.613. The Bertz CT molecular complexity index is 271. The summed E-state index contributed by atoms with van der Waals surface area (Å²) in [4.78, 5) is 0. The van der Waals surface area contributed by atoms with Crippen LogP contribution >= 0.6 is 13.6 Å². The molecule has 5 heteroatoms. The van der Waals surface area contributed by atoms with Crippen LogP contribution in [0.2, 0.25) is 0 Å². The molecule has 0 aliphatic carbocycles. The molecule has 0 radical (unpaired) electrons. The minimum atomic E-state index is -0.904. The van der Waals surface area contributed by atoms with Crippen LogP contribution in [0.3, 0.4) is 0 Å². The van der Waals surface area contributed by atoms with E-state index in [4.69, 9.17) is 4.74 Å². The summed E-state index contributed by atoms with van der Waals surface area (Å²) in [5.41, 5.74) is 0. The van der Waals surface area contributed by atoms with Crippen LogP contribution in [-0.2, 0) is 16.3 Å². The topological polar surface area (TPSA) is 9.23 Å². The molecule has 0 amide bonds. The Morgan fingerprint density at radius 3 is 2.57 bits per heavy atom. The number of hydrogen-bond donors (Lipinski definition) is 0. The zero-order valence-electron chi connectivity index (χ0n) is 7.82. The molecule has 74 valence electrons. The summed E-state index contributed by atoms with van der Waals surface area (Å²) in [6.45, 7) is 2.42. The maximum absolute atomic E-state index is 12.5. The fourth-order valence-corrected chi connectivity index (χ4v) is 0.724. The van der Waals surface area contributed by atoms with Gasteiger partial charge in [0.1, 0.15) is 0 Å². The molecule has 1 rings (SSSR count). The molecule has 0 saturated carbocycles. The third-order valence-electron chi connectivity index (χ3n) is 1.29. The van der Waals surface area contributed by atoms with Crippen molar-refractivity contribution in [1.82, 2.24) is 0 Å². The maximum atomic E-state index is 12.5. The molecule has 0 unspecified atom stereocenters. The van der Waals surface area contributed by atoms with Gasteiger partial charge < -0.3 is 4.74 Å². The van der Waals surface area contributed by atoms with E-state index >= 15 is 0 Å². The fourth-order valence-electron chi connectivity index (χ4n) is 0.724. The Kier molecular flexibility index (Phi) is 8.29. The molecule has 1 aromatic carbocycles. The Hall–Kier alpha value is -0.0166. The molecular weight excluding hydrogens is 307 g/mol. The minimum absolute atomic E-state index is 0.246. The summed E-state index contributed by atoms with van der Waals surface area (Å²) in [7, 11) is 0. The predicted molar refractivity (Wildman–Crippen MR) is 49.9 cm³/mol. The van der Waals surface area contributed by atoms with Crippen molar-refractivity contribution < 1.29 is 29.9 Å². The number of halogens is 3. The van der Waals surface area contributed by atoms with Crippen molar-refractivity contribution in [1.29, 1.82) is 0 Å². The van der Waals surface area contributed by atoms with E-state index in [2.05, 4.69) is 19.7 Å². The zero-order chi connectivity index (χ0) is 11.0. The summed E-state index contributed by atoms with van der Waals surface area (Å²) >= 11 is 4.25. The molecule has 0 atom stereocenters. The second-order valence-electron chi connectivity index (χ2n) is 2.34. The summed E-state index contributed by atoms with van der Waals surface area (Å²) in [5.74, 6) is -1.56. The first-order chi connectivity index (χ1) is 6.74. The van der Waals surface area contributed by atoms with E-state index < -0.39 is 11.6 Å². The first kappa shape index (κ1) is 14.0. The molecule has 14 heavy (non-hydrogen) atoms. The van der Waals surface area contributed by atoms with Gasteiger partial charge in [-0.05, 0) is 6.42 Å². The zero-order valence-corrected chi connectivity index (χ0v) is 12.4. The third kappa shape index (κ3) is 5.01. The Balaban J connectivity index is 0.000000791. The number of rotatable bonds is 3. The second kappa shape index (κ2) is 8.30.